The summed E-state index contributed by atoms with van der Waals surface area (Å²) in [5.41, 5.74) is 2.02. The molecule has 0 aromatic heterocycles. The Morgan fingerprint density at radius 3 is 2.38 bits per heavy atom. The van der Waals surface area contributed by atoms with Gasteiger partial charge in [0.15, 0.2) is 0 Å². The van der Waals surface area contributed by atoms with Crippen molar-refractivity contribution in [1.82, 2.24) is 10.2 Å². The molecular formula is C16H25N5. The van der Waals surface area contributed by atoms with E-state index in [2.05, 4.69) is 53.0 Å². The van der Waals surface area contributed by atoms with E-state index in [0.717, 1.165) is 18.8 Å². The molecule has 0 saturated carbocycles. The van der Waals surface area contributed by atoms with Gasteiger partial charge in [0, 0.05) is 45.3 Å². The van der Waals surface area contributed by atoms with Gasteiger partial charge in [-0.15, -0.1) is 10.2 Å². The van der Waals surface area contributed by atoms with Crippen LogP contribution in [0.2, 0.25) is 0 Å². The average Bonchev–Trinajstić information content (AvgIpc) is 2.52. The summed E-state index contributed by atoms with van der Waals surface area (Å²) in [4.78, 5) is 4.08. The third-order valence-corrected chi connectivity index (χ3v) is 3.13. The lowest BCUT2D eigenvalue weighted by atomic mass is 10.2. The van der Waals surface area contributed by atoms with Crippen LogP contribution in [0, 0.1) is 0 Å². The molecule has 0 atom stereocenters. The fourth-order valence-electron chi connectivity index (χ4n) is 1.78. The van der Waals surface area contributed by atoms with Crippen molar-refractivity contribution in [3.05, 3.63) is 49.1 Å². The van der Waals surface area contributed by atoms with Gasteiger partial charge in [0.25, 0.3) is 0 Å². The summed E-state index contributed by atoms with van der Waals surface area (Å²) in [6.45, 7) is 10.2. The van der Waals surface area contributed by atoms with Gasteiger partial charge < -0.3 is 15.1 Å². The first-order chi connectivity index (χ1) is 10.1. The fraction of sp³-hybridized carbons (Fsp3) is 0.375. The van der Waals surface area contributed by atoms with E-state index in [0.29, 0.717) is 5.82 Å². The molecule has 5 heteroatoms. The van der Waals surface area contributed by atoms with Crippen LogP contribution < -0.4 is 10.2 Å². The molecule has 0 bridgehead atoms. The molecule has 0 aliphatic rings. The van der Waals surface area contributed by atoms with Crippen molar-refractivity contribution in [1.29, 1.82) is 0 Å². The van der Waals surface area contributed by atoms with Crippen LogP contribution in [0.1, 0.15) is 13.8 Å². The summed E-state index contributed by atoms with van der Waals surface area (Å²) >= 11 is 0. The number of rotatable bonds is 8. The van der Waals surface area contributed by atoms with Crippen LogP contribution in [0.5, 0.6) is 0 Å². The molecule has 1 rings (SSSR count). The summed E-state index contributed by atoms with van der Waals surface area (Å²) in [5.74, 6) is 0.578. The predicted octanol–water partition coefficient (Wildman–Crippen LogP) is 3.71. The van der Waals surface area contributed by atoms with Crippen LogP contribution >= 0.6 is 0 Å². The quantitative estimate of drug-likeness (QED) is 0.741. The highest BCUT2D eigenvalue weighted by molar-refractivity contribution is 5.52. The molecule has 0 aliphatic heterocycles. The Morgan fingerprint density at radius 2 is 1.86 bits per heavy atom. The molecule has 114 valence electrons. The van der Waals surface area contributed by atoms with E-state index in [1.54, 1.807) is 11.1 Å². The maximum Gasteiger partial charge on any atom is 0.147 e. The molecule has 1 aromatic rings. The van der Waals surface area contributed by atoms with Gasteiger partial charge in [-0.25, -0.2) is 0 Å². The molecule has 0 fully saturated rings. The Bertz CT molecular complexity index is 486. The highest BCUT2D eigenvalue weighted by atomic mass is 15.3. The molecule has 0 aliphatic carbocycles. The average molecular weight is 287 g/mol. The standard InChI is InChI=1S/C16H25N5/c1-6-21(7-2)16-10-8-15(9-11-16)19-18-14(3)20(5)13-12-17-4/h8-13,17H,3,6-7H2,1-2,4-5H3/b13-12-,19-18?. The van der Waals surface area contributed by atoms with Crippen LogP contribution in [0.4, 0.5) is 11.4 Å². The number of hydrogen-bond acceptors (Lipinski definition) is 5. The van der Waals surface area contributed by atoms with Crippen LogP contribution in [0.25, 0.3) is 0 Å². The second-order valence-corrected chi connectivity index (χ2v) is 4.52. The lowest BCUT2D eigenvalue weighted by Crippen LogP contribution is -2.21. The van der Waals surface area contributed by atoms with Crippen LogP contribution in [0.15, 0.2) is 59.3 Å². The number of nitrogens with zero attached hydrogens (tertiary/aromatic N) is 4. The third-order valence-electron chi connectivity index (χ3n) is 3.13. The zero-order chi connectivity index (χ0) is 15.7. The summed E-state index contributed by atoms with van der Waals surface area (Å²) in [6.07, 6.45) is 3.64. The minimum Gasteiger partial charge on any atom is -0.393 e. The first-order valence-corrected chi connectivity index (χ1v) is 7.14. The number of hydrogen-bond donors (Lipinski definition) is 1. The summed E-state index contributed by atoms with van der Waals surface area (Å²) in [7, 11) is 3.71. The van der Waals surface area contributed by atoms with Gasteiger partial charge in [-0.1, -0.05) is 6.58 Å². The highest BCUT2D eigenvalue weighted by Crippen LogP contribution is 2.20. The Labute approximate surface area is 127 Å². The van der Waals surface area contributed by atoms with Gasteiger partial charge in [-0.3, -0.25) is 0 Å². The van der Waals surface area contributed by atoms with E-state index in [1.807, 2.05) is 32.4 Å². The Balaban J connectivity index is 2.69. The van der Waals surface area contributed by atoms with Crippen molar-refractivity contribution in [2.45, 2.75) is 13.8 Å². The van der Waals surface area contributed by atoms with Gasteiger partial charge in [-0.05, 0) is 38.1 Å². The third kappa shape index (κ3) is 5.30. The van der Waals surface area contributed by atoms with Crippen molar-refractivity contribution in [3.63, 3.8) is 0 Å². The Morgan fingerprint density at radius 1 is 1.24 bits per heavy atom. The minimum absolute atomic E-state index is 0.578. The lowest BCUT2D eigenvalue weighted by molar-refractivity contribution is 0.553. The molecule has 21 heavy (non-hydrogen) atoms. The zero-order valence-electron chi connectivity index (χ0n) is 13.4. The van der Waals surface area contributed by atoms with Crippen LogP contribution in [-0.4, -0.2) is 32.1 Å². The second-order valence-electron chi connectivity index (χ2n) is 4.52. The number of azo groups is 1. The van der Waals surface area contributed by atoms with E-state index in [1.165, 1.54) is 5.69 Å². The fourth-order valence-corrected chi connectivity index (χ4v) is 1.78. The molecule has 5 nitrogen and oxygen atoms in total. The second kappa shape index (κ2) is 8.79. The van der Waals surface area contributed by atoms with Crippen LogP contribution in [-0.2, 0) is 0 Å². The molecule has 1 aromatic carbocycles. The topological polar surface area (TPSA) is 43.2 Å². The van der Waals surface area contributed by atoms with Gasteiger partial charge in [-0.2, -0.15) is 0 Å². The highest BCUT2D eigenvalue weighted by Gasteiger charge is 2.01. The summed E-state index contributed by atoms with van der Waals surface area (Å²) in [6, 6.07) is 8.06. The Kier molecular flexibility index (Phi) is 7.01. The number of nitrogens with one attached hydrogen (secondary N) is 1. The summed E-state index contributed by atoms with van der Waals surface area (Å²) < 4.78 is 0. The van der Waals surface area contributed by atoms with Gasteiger partial charge >= 0.3 is 0 Å². The maximum atomic E-state index is 4.20. The SMILES string of the molecule is C=C(N=Nc1ccc(N(CC)CC)cc1)N(C)/C=C\NC. The molecule has 0 amide bonds. The minimum atomic E-state index is 0.578. The zero-order valence-corrected chi connectivity index (χ0v) is 13.4. The van der Waals surface area contributed by atoms with E-state index < -0.39 is 0 Å². The monoisotopic (exact) mass is 287 g/mol. The molecular weight excluding hydrogens is 262 g/mol. The van der Waals surface area contributed by atoms with E-state index in [4.69, 9.17) is 0 Å². The lowest BCUT2D eigenvalue weighted by Gasteiger charge is -2.20. The van der Waals surface area contributed by atoms with Crippen molar-refractivity contribution in [2.75, 3.05) is 32.1 Å². The number of benzene rings is 1. The van der Waals surface area contributed by atoms with Crippen molar-refractivity contribution < 1.29 is 0 Å². The van der Waals surface area contributed by atoms with Gasteiger partial charge in [0.05, 0.1) is 5.69 Å². The first-order valence-electron chi connectivity index (χ1n) is 7.14. The first kappa shape index (κ1) is 16.8. The number of anilines is 1. The summed E-state index contributed by atoms with van der Waals surface area (Å²) in [5, 5.41) is 11.2. The molecule has 0 spiro atoms. The molecule has 0 heterocycles. The molecule has 0 unspecified atom stereocenters. The van der Waals surface area contributed by atoms with E-state index >= 15 is 0 Å². The molecule has 0 saturated heterocycles. The van der Waals surface area contributed by atoms with Crippen LogP contribution in [0.3, 0.4) is 0 Å². The van der Waals surface area contributed by atoms with Crippen molar-refractivity contribution in [3.8, 4) is 0 Å². The molecule has 0 radical (unpaired) electrons. The van der Waals surface area contributed by atoms with Gasteiger partial charge in [0.2, 0.25) is 0 Å². The molecule has 1 N–H and O–H groups in total. The smallest absolute Gasteiger partial charge is 0.147 e. The van der Waals surface area contributed by atoms with E-state index in [9.17, 15) is 0 Å². The normalized spacial score (nSPS) is 11.0. The predicted molar refractivity (Wildman–Crippen MR) is 89.6 cm³/mol. The van der Waals surface area contributed by atoms with Crippen molar-refractivity contribution in [2.24, 2.45) is 10.2 Å². The van der Waals surface area contributed by atoms with Gasteiger partial charge in [0.1, 0.15) is 5.82 Å². The Hall–Kier alpha value is -2.30. The van der Waals surface area contributed by atoms with Crippen molar-refractivity contribution >= 4 is 11.4 Å². The van der Waals surface area contributed by atoms with E-state index in [-0.39, 0.29) is 0 Å². The maximum absolute atomic E-state index is 4.20. The largest absolute Gasteiger partial charge is 0.393 e.